The highest BCUT2D eigenvalue weighted by Gasteiger charge is 2.53. The third-order valence-electron chi connectivity index (χ3n) is 4.95. The highest BCUT2D eigenvalue weighted by molar-refractivity contribution is 6.30. The van der Waals surface area contributed by atoms with Crippen LogP contribution in [0.5, 0.6) is 0 Å². The van der Waals surface area contributed by atoms with Gasteiger partial charge in [-0.2, -0.15) is 0 Å². The van der Waals surface area contributed by atoms with Crippen LogP contribution in [0.1, 0.15) is 44.1 Å². The van der Waals surface area contributed by atoms with Crippen molar-refractivity contribution >= 4 is 17.5 Å². The Labute approximate surface area is 130 Å². The summed E-state index contributed by atoms with van der Waals surface area (Å²) < 4.78 is 0. The molecule has 2 saturated carbocycles. The number of amides is 1. The number of benzene rings is 1. The molecule has 114 valence electrons. The van der Waals surface area contributed by atoms with Crippen molar-refractivity contribution in [1.29, 1.82) is 0 Å². The quantitative estimate of drug-likeness (QED) is 0.928. The first-order valence-corrected chi connectivity index (χ1v) is 8.07. The molecule has 1 aromatic rings. The van der Waals surface area contributed by atoms with E-state index in [-0.39, 0.29) is 5.91 Å². The van der Waals surface area contributed by atoms with Crippen LogP contribution in [0.3, 0.4) is 0 Å². The van der Waals surface area contributed by atoms with E-state index in [4.69, 9.17) is 11.6 Å². The van der Waals surface area contributed by atoms with Crippen LogP contribution in [-0.4, -0.2) is 35.1 Å². The van der Waals surface area contributed by atoms with Gasteiger partial charge in [-0.15, -0.1) is 0 Å². The zero-order valence-corrected chi connectivity index (χ0v) is 13.2. The molecule has 1 N–H and O–H groups in total. The molecule has 0 bridgehead atoms. The number of likely N-dealkylation sites (N-methyl/N-ethyl adjacent to an activating group) is 1. The fourth-order valence-electron chi connectivity index (χ4n) is 3.61. The minimum absolute atomic E-state index is 0.116. The van der Waals surface area contributed by atoms with Gasteiger partial charge in [0.05, 0.1) is 11.0 Å². The first-order valence-electron chi connectivity index (χ1n) is 7.69. The monoisotopic (exact) mass is 307 g/mol. The number of nitrogens with zero attached hydrogens (tertiary/aromatic N) is 1. The summed E-state index contributed by atoms with van der Waals surface area (Å²) >= 11 is 6.06. The van der Waals surface area contributed by atoms with Crippen LogP contribution >= 0.6 is 11.6 Å². The topological polar surface area (TPSA) is 40.5 Å². The van der Waals surface area contributed by atoms with Crippen LogP contribution in [0.2, 0.25) is 5.02 Å². The maximum absolute atomic E-state index is 12.8. The fraction of sp³-hybridized carbons (Fsp3) is 0.588. The summed E-state index contributed by atoms with van der Waals surface area (Å²) in [4.78, 5) is 14.6. The van der Waals surface area contributed by atoms with E-state index >= 15 is 0 Å². The summed E-state index contributed by atoms with van der Waals surface area (Å²) in [5.74, 6) is 0.116. The van der Waals surface area contributed by atoms with Crippen molar-refractivity contribution in [2.45, 2.75) is 49.5 Å². The first-order chi connectivity index (χ1) is 9.95. The Bertz CT molecular complexity index is 547. The Morgan fingerprint density at radius 3 is 2.52 bits per heavy atom. The van der Waals surface area contributed by atoms with E-state index in [0.29, 0.717) is 11.6 Å². The number of aliphatic hydroxyl groups is 1. The predicted molar refractivity (Wildman–Crippen MR) is 83.4 cm³/mol. The average molecular weight is 308 g/mol. The van der Waals surface area contributed by atoms with Gasteiger partial charge in [-0.05, 0) is 43.4 Å². The van der Waals surface area contributed by atoms with Gasteiger partial charge in [0.15, 0.2) is 0 Å². The molecule has 0 saturated heterocycles. The Balaban J connectivity index is 1.75. The lowest BCUT2D eigenvalue weighted by molar-refractivity contribution is -0.135. The number of hydrogen-bond acceptors (Lipinski definition) is 2. The summed E-state index contributed by atoms with van der Waals surface area (Å²) in [5.41, 5.74) is -0.0889. The van der Waals surface area contributed by atoms with Crippen molar-refractivity contribution in [2.24, 2.45) is 0 Å². The minimum Gasteiger partial charge on any atom is -0.388 e. The molecule has 0 atom stereocenters. The second kappa shape index (κ2) is 5.29. The first kappa shape index (κ1) is 14.9. The molecule has 0 spiro atoms. The summed E-state index contributed by atoms with van der Waals surface area (Å²) in [6.45, 7) is 0.439. The van der Waals surface area contributed by atoms with Crippen LogP contribution in [0.15, 0.2) is 24.3 Å². The predicted octanol–water partition coefficient (Wildman–Crippen LogP) is 3.14. The van der Waals surface area contributed by atoms with Crippen LogP contribution in [0.4, 0.5) is 0 Å². The second-order valence-electron chi connectivity index (χ2n) is 6.69. The van der Waals surface area contributed by atoms with Crippen molar-refractivity contribution in [3.63, 3.8) is 0 Å². The van der Waals surface area contributed by atoms with Gasteiger partial charge in [0.1, 0.15) is 0 Å². The molecule has 0 heterocycles. The van der Waals surface area contributed by atoms with E-state index in [9.17, 15) is 9.90 Å². The molecule has 2 aliphatic carbocycles. The van der Waals surface area contributed by atoms with Crippen LogP contribution in [0, 0.1) is 0 Å². The zero-order chi connectivity index (χ0) is 15.1. The van der Waals surface area contributed by atoms with Gasteiger partial charge in [-0.1, -0.05) is 36.6 Å². The third kappa shape index (κ3) is 2.82. The van der Waals surface area contributed by atoms with Crippen molar-refractivity contribution in [3.8, 4) is 0 Å². The molecule has 0 unspecified atom stereocenters. The molecular formula is C17H22ClNO2. The van der Waals surface area contributed by atoms with E-state index in [1.54, 1.807) is 4.90 Å². The molecule has 3 rings (SSSR count). The van der Waals surface area contributed by atoms with Gasteiger partial charge >= 0.3 is 0 Å². The fourth-order valence-corrected chi connectivity index (χ4v) is 3.80. The Morgan fingerprint density at radius 2 is 1.95 bits per heavy atom. The maximum Gasteiger partial charge on any atom is 0.233 e. The van der Waals surface area contributed by atoms with Gasteiger partial charge < -0.3 is 10.0 Å². The lowest BCUT2D eigenvalue weighted by Crippen LogP contribution is -2.45. The molecule has 2 fully saturated rings. The van der Waals surface area contributed by atoms with Crippen LogP contribution < -0.4 is 0 Å². The standard InChI is InChI=1S/C17H22ClNO2/c1-19(12-16(21)7-2-3-8-16)15(20)17(9-10-17)13-5-4-6-14(18)11-13/h4-6,11,21H,2-3,7-10,12H2,1H3. The largest absolute Gasteiger partial charge is 0.388 e. The van der Waals surface area contributed by atoms with Crippen molar-refractivity contribution in [2.75, 3.05) is 13.6 Å². The Morgan fingerprint density at radius 1 is 1.29 bits per heavy atom. The number of carbonyl (C=O) groups excluding carboxylic acids is 1. The van der Waals surface area contributed by atoms with E-state index < -0.39 is 11.0 Å². The summed E-state index contributed by atoms with van der Waals surface area (Å²) in [6.07, 6.45) is 5.45. The lowest BCUT2D eigenvalue weighted by Gasteiger charge is -2.31. The number of halogens is 1. The molecule has 0 aliphatic heterocycles. The van der Waals surface area contributed by atoms with Crippen molar-refractivity contribution in [1.82, 2.24) is 4.90 Å². The summed E-state index contributed by atoms with van der Waals surface area (Å²) in [5, 5.41) is 11.2. The normalized spacial score (nSPS) is 22.0. The Kier molecular flexibility index (Phi) is 3.74. The molecule has 4 heteroatoms. The van der Waals surface area contributed by atoms with E-state index in [1.165, 1.54) is 0 Å². The van der Waals surface area contributed by atoms with E-state index in [0.717, 1.165) is 44.1 Å². The highest BCUT2D eigenvalue weighted by atomic mass is 35.5. The summed E-state index contributed by atoms with van der Waals surface area (Å²) in [7, 11) is 1.81. The van der Waals surface area contributed by atoms with Gasteiger partial charge in [0.2, 0.25) is 5.91 Å². The minimum atomic E-state index is -0.686. The molecule has 3 nitrogen and oxygen atoms in total. The number of carbonyl (C=O) groups is 1. The lowest BCUT2D eigenvalue weighted by atomic mass is 9.93. The van der Waals surface area contributed by atoms with Crippen LogP contribution in [-0.2, 0) is 10.2 Å². The van der Waals surface area contributed by atoms with Gasteiger partial charge in [-0.25, -0.2) is 0 Å². The molecule has 1 aromatic carbocycles. The van der Waals surface area contributed by atoms with Gasteiger partial charge in [-0.3, -0.25) is 4.79 Å². The van der Waals surface area contributed by atoms with Gasteiger partial charge in [0.25, 0.3) is 0 Å². The molecule has 21 heavy (non-hydrogen) atoms. The molecule has 0 aromatic heterocycles. The maximum atomic E-state index is 12.8. The Hall–Kier alpha value is -1.06. The van der Waals surface area contributed by atoms with Crippen molar-refractivity contribution in [3.05, 3.63) is 34.9 Å². The zero-order valence-electron chi connectivity index (χ0n) is 12.4. The average Bonchev–Trinajstić information content (AvgIpc) is 3.15. The van der Waals surface area contributed by atoms with E-state index in [1.807, 2.05) is 31.3 Å². The SMILES string of the molecule is CN(CC1(O)CCCC1)C(=O)C1(c2cccc(Cl)c2)CC1. The second-order valence-corrected chi connectivity index (χ2v) is 7.12. The third-order valence-corrected chi connectivity index (χ3v) is 5.18. The van der Waals surface area contributed by atoms with Crippen molar-refractivity contribution < 1.29 is 9.90 Å². The smallest absolute Gasteiger partial charge is 0.233 e. The molecule has 2 aliphatic rings. The molecule has 0 radical (unpaired) electrons. The van der Waals surface area contributed by atoms with Crippen LogP contribution in [0.25, 0.3) is 0 Å². The van der Waals surface area contributed by atoms with E-state index in [2.05, 4.69) is 0 Å². The number of hydrogen-bond donors (Lipinski definition) is 1. The number of rotatable bonds is 4. The highest BCUT2D eigenvalue weighted by Crippen LogP contribution is 2.50. The molecule has 1 amide bonds. The summed E-state index contributed by atoms with van der Waals surface area (Å²) in [6, 6.07) is 7.60. The molecular weight excluding hydrogens is 286 g/mol. The van der Waals surface area contributed by atoms with Gasteiger partial charge in [0, 0.05) is 18.6 Å².